The number of nitrogens with one attached hydrogen (secondary N) is 3. The lowest BCUT2D eigenvalue weighted by Gasteiger charge is -2.21. The fourth-order valence-electron chi connectivity index (χ4n) is 3.67. The Kier molecular flexibility index (Phi) is 7.06. The van der Waals surface area contributed by atoms with Gasteiger partial charge in [0.05, 0.1) is 0 Å². The van der Waals surface area contributed by atoms with Gasteiger partial charge in [-0.15, -0.1) is 5.11 Å². The number of nitrogens with two attached hydrogens (primary N) is 2. The van der Waals surface area contributed by atoms with Crippen LogP contribution in [-0.2, 0) is 6.54 Å². The van der Waals surface area contributed by atoms with Crippen LogP contribution in [0.4, 0.5) is 5.69 Å². The van der Waals surface area contributed by atoms with Crippen LogP contribution in [0.2, 0.25) is 0 Å². The first-order valence-electron chi connectivity index (χ1n) is 11.1. The van der Waals surface area contributed by atoms with E-state index in [1.807, 2.05) is 0 Å². The van der Waals surface area contributed by atoms with E-state index in [4.69, 9.17) is 17.0 Å². The molecule has 0 aliphatic heterocycles. The average molecular weight is 514 g/mol. The monoisotopic (exact) mass is 513 g/mol. The van der Waals surface area contributed by atoms with Crippen molar-refractivity contribution in [3.63, 3.8) is 0 Å². The molecule has 0 saturated heterocycles. The summed E-state index contributed by atoms with van der Waals surface area (Å²) in [7, 11) is 0. The molecular weight excluding hydrogens is 490 g/mol. The molecule has 3 aromatic rings. The van der Waals surface area contributed by atoms with Crippen LogP contribution in [0.3, 0.4) is 0 Å². The highest BCUT2D eigenvalue weighted by Crippen LogP contribution is 2.33. The first kappa shape index (κ1) is 25.4. The molecular formula is C26H23N7O5. The summed E-state index contributed by atoms with van der Waals surface area (Å²) in [5.74, 6) is 2.41. The minimum Gasteiger partial charge on any atom is -0.503 e. The van der Waals surface area contributed by atoms with Crippen LogP contribution < -0.4 is 22.2 Å². The zero-order valence-electron chi connectivity index (χ0n) is 19.8. The summed E-state index contributed by atoms with van der Waals surface area (Å²) < 4.78 is 0. The van der Waals surface area contributed by atoms with E-state index in [1.54, 1.807) is 60.7 Å². The van der Waals surface area contributed by atoms with Crippen LogP contribution in [0.5, 0.6) is 0 Å². The minimum atomic E-state index is -0.620. The highest BCUT2D eigenvalue weighted by Gasteiger charge is 2.29. The number of hydrogen-bond donors (Lipinski definition) is 8. The molecule has 0 fully saturated rings. The third-order valence-corrected chi connectivity index (χ3v) is 5.73. The molecule has 192 valence electrons. The normalized spacial score (nSPS) is 12.8. The van der Waals surface area contributed by atoms with E-state index in [1.165, 1.54) is 6.07 Å². The van der Waals surface area contributed by atoms with E-state index in [0.717, 1.165) is 5.56 Å². The number of primary amides is 1. The van der Waals surface area contributed by atoms with Gasteiger partial charge in [-0.3, -0.25) is 15.0 Å². The summed E-state index contributed by atoms with van der Waals surface area (Å²) in [6.07, 6.45) is 0. The molecule has 1 aliphatic carbocycles. The lowest BCUT2D eigenvalue weighted by Crippen LogP contribution is -2.22. The van der Waals surface area contributed by atoms with Gasteiger partial charge in [0.2, 0.25) is 11.7 Å². The van der Waals surface area contributed by atoms with E-state index >= 15 is 0 Å². The van der Waals surface area contributed by atoms with Crippen molar-refractivity contribution < 1.29 is 24.9 Å². The molecule has 0 unspecified atom stereocenters. The molecule has 0 radical (unpaired) electrons. The molecule has 0 spiro atoms. The maximum atomic E-state index is 12.6. The number of amidine groups is 1. The highest BCUT2D eigenvalue weighted by molar-refractivity contribution is 5.99. The SMILES string of the molecule is N=C(N=NN)c1cc(NC2=C(O)C(O)=C2O)cc(-c2ccc(C(=O)NCc3ccc(C(N)=O)cc3)cc2)c1. The Morgan fingerprint density at radius 1 is 0.816 bits per heavy atom. The van der Waals surface area contributed by atoms with Crippen molar-refractivity contribution in [2.75, 3.05) is 5.32 Å². The number of amides is 2. The molecule has 12 heteroatoms. The highest BCUT2D eigenvalue weighted by atomic mass is 16.3. The van der Waals surface area contributed by atoms with Gasteiger partial charge in [-0.2, -0.15) is 0 Å². The number of carbonyl (C=O) groups excluding carboxylic acids is 2. The number of benzene rings is 3. The Morgan fingerprint density at radius 2 is 1.47 bits per heavy atom. The second-order valence-corrected chi connectivity index (χ2v) is 8.23. The maximum absolute atomic E-state index is 12.6. The predicted molar refractivity (Wildman–Crippen MR) is 139 cm³/mol. The van der Waals surface area contributed by atoms with Crippen molar-refractivity contribution in [2.24, 2.45) is 21.9 Å². The molecule has 3 aromatic carbocycles. The lowest BCUT2D eigenvalue weighted by molar-refractivity contribution is 0.0949. The smallest absolute Gasteiger partial charge is 0.251 e. The maximum Gasteiger partial charge on any atom is 0.251 e. The van der Waals surface area contributed by atoms with Crippen LogP contribution in [0.15, 0.2) is 100 Å². The summed E-state index contributed by atoms with van der Waals surface area (Å²) in [6.45, 7) is 0.258. The van der Waals surface area contributed by atoms with Crippen molar-refractivity contribution in [3.8, 4) is 11.1 Å². The van der Waals surface area contributed by atoms with Gasteiger partial charge < -0.3 is 37.5 Å². The molecule has 0 bridgehead atoms. The van der Waals surface area contributed by atoms with Gasteiger partial charge in [-0.05, 0) is 59.2 Å². The van der Waals surface area contributed by atoms with Gasteiger partial charge in [-0.25, -0.2) is 0 Å². The van der Waals surface area contributed by atoms with Crippen molar-refractivity contribution in [3.05, 3.63) is 112 Å². The molecule has 2 amide bonds. The number of carbonyl (C=O) groups is 2. The molecule has 38 heavy (non-hydrogen) atoms. The molecule has 0 saturated carbocycles. The molecule has 10 N–H and O–H groups in total. The standard InChI is InChI=1S/C26H23N7O5/c27-24(32-33-29)18-9-17(10-19(11-18)31-20-21(34)23(36)22(20)35)14-5-7-16(8-6-14)26(38)30-12-13-1-3-15(4-2-13)25(28)37/h1-11,31,34-36H,12H2,(H2,28,37)(H,30,38)(H3,27,29,32). The van der Waals surface area contributed by atoms with Crippen LogP contribution in [0.25, 0.3) is 11.1 Å². The van der Waals surface area contributed by atoms with Crippen molar-refractivity contribution >= 4 is 23.3 Å². The summed E-state index contributed by atoms with van der Waals surface area (Å²) in [5, 5.41) is 49.4. The summed E-state index contributed by atoms with van der Waals surface area (Å²) in [4.78, 5) is 23.8. The fourth-order valence-corrected chi connectivity index (χ4v) is 3.67. The van der Waals surface area contributed by atoms with Gasteiger partial charge in [0.1, 0.15) is 5.70 Å². The molecule has 0 atom stereocenters. The van der Waals surface area contributed by atoms with Crippen molar-refractivity contribution in [1.29, 1.82) is 5.41 Å². The van der Waals surface area contributed by atoms with E-state index in [0.29, 0.717) is 33.5 Å². The zero-order valence-corrected chi connectivity index (χ0v) is 19.8. The van der Waals surface area contributed by atoms with Gasteiger partial charge in [0.25, 0.3) is 5.91 Å². The largest absolute Gasteiger partial charge is 0.503 e. The number of aliphatic hydroxyl groups excluding tert-OH is 3. The van der Waals surface area contributed by atoms with E-state index < -0.39 is 23.2 Å². The number of nitrogens with zero attached hydrogens (tertiary/aromatic N) is 2. The zero-order chi connectivity index (χ0) is 27.4. The fraction of sp³-hybridized carbons (Fsp3) is 0.0385. The third-order valence-electron chi connectivity index (χ3n) is 5.73. The first-order valence-corrected chi connectivity index (χ1v) is 11.1. The second-order valence-electron chi connectivity index (χ2n) is 8.23. The molecule has 0 heterocycles. The van der Waals surface area contributed by atoms with E-state index in [2.05, 4.69) is 21.0 Å². The van der Waals surface area contributed by atoms with Gasteiger partial charge >= 0.3 is 0 Å². The second kappa shape index (κ2) is 10.5. The molecule has 4 rings (SSSR count). The lowest BCUT2D eigenvalue weighted by atomic mass is 9.99. The van der Waals surface area contributed by atoms with Crippen LogP contribution in [-0.4, -0.2) is 33.0 Å². The topological polar surface area (TPSA) is 220 Å². The molecule has 1 aliphatic rings. The molecule has 0 aromatic heterocycles. The average Bonchev–Trinajstić information content (AvgIpc) is 2.94. The van der Waals surface area contributed by atoms with Crippen LogP contribution in [0.1, 0.15) is 31.8 Å². The van der Waals surface area contributed by atoms with Crippen LogP contribution in [0, 0.1) is 5.41 Å². The summed E-state index contributed by atoms with van der Waals surface area (Å²) in [5.41, 5.74) is 8.78. The Hall–Kier alpha value is -5.65. The van der Waals surface area contributed by atoms with Crippen molar-refractivity contribution in [1.82, 2.24) is 5.32 Å². The first-order chi connectivity index (χ1) is 18.2. The minimum absolute atomic E-state index is 0.0751. The van der Waals surface area contributed by atoms with Gasteiger partial charge in [0, 0.05) is 28.9 Å². The summed E-state index contributed by atoms with van der Waals surface area (Å²) in [6, 6.07) is 18.2. The quantitative estimate of drug-likeness (QED) is 0.0735. The number of hydrogen-bond acceptors (Lipinski definition) is 8. The number of aliphatic hydroxyl groups is 3. The Labute approximate surface area is 216 Å². The van der Waals surface area contributed by atoms with Gasteiger partial charge in [-0.1, -0.05) is 29.5 Å². The van der Waals surface area contributed by atoms with E-state index in [9.17, 15) is 24.9 Å². The Balaban J connectivity index is 1.52. The third kappa shape index (κ3) is 5.28. The number of rotatable bonds is 8. The predicted octanol–water partition coefficient (Wildman–Crippen LogP) is 3.56. The summed E-state index contributed by atoms with van der Waals surface area (Å²) >= 11 is 0. The number of anilines is 1. The van der Waals surface area contributed by atoms with Crippen molar-refractivity contribution in [2.45, 2.75) is 6.54 Å². The van der Waals surface area contributed by atoms with Crippen LogP contribution >= 0.6 is 0 Å². The Morgan fingerprint density at radius 3 is 2.08 bits per heavy atom. The Bertz CT molecular complexity index is 1520. The van der Waals surface area contributed by atoms with Gasteiger partial charge in [0.15, 0.2) is 17.4 Å². The molecule has 12 nitrogen and oxygen atoms in total. The van der Waals surface area contributed by atoms with E-state index in [-0.39, 0.29) is 24.0 Å².